The SMILES string of the molecule is NC[C@H](N)c1c(C(F)(F)F)ccc(Br)c1O. The van der Waals surface area contributed by atoms with Crippen LogP contribution in [0.2, 0.25) is 0 Å². The third-order valence-corrected chi connectivity index (χ3v) is 2.74. The molecular weight excluding hydrogens is 289 g/mol. The van der Waals surface area contributed by atoms with Gasteiger partial charge in [0.1, 0.15) is 5.75 Å². The van der Waals surface area contributed by atoms with Crippen LogP contribution in [0.4, 0.5) is 13.2 Å². The van der Waals surface area contributed by atoms with Crippen LogP contribution in [-0.4, -0.2) is 11.7 Å². The Hall–Kier alpha value is -0.790. The van der Waals surface area contributed by atoms with E-state index in [4.69, 9.17) is 11.5 Å². The van der Waals surface area contributed by atoms with Gasteiger partial charge < -0.3 is 16.6 Å². The lowest BCUT2D eigenvalue weighted by Gasteiger charge is -2.19. The molecule has 0 spiro atoms. The van der Waals surface area contributed by atoms with Crippen molar-refractivity contribution in [1.82, 2.24) is 0 Å². The van der Waals surface area contributed by atoms with Crippen molar-refractivity contribution in [1.29, 1.82) is 0 Å². The molecule has 3 nitrogen and oxygen atoms in total. The molecule has 0 heterocycles. The maximum Gasteiger partial charge on any atom is 0.416 e. The first-order chi connectivity index (χ1) is 7.29. The van der Waals surface area contributed by atoms with Gasteiger partial charge in [-0.1, -0.05) is 0 Å². The smallest absolute Gasteiger partial charge is 0.416 e. The van der Waals surface area contributed by atoms with E-state index in [9.17, 15) is 18.3 Å². The largest absolute Gasteiger partial charge is 0.506 e. The number of hydrogen-bond donors (Lipinski definition) is 3. The third kappa shape index (κ3) is 2.47. The van der Waals surface area contributed by atoms with E-state index in [2.05, 4.69) is 15.9 Å². The zero-order chi connectivity index (χ0) is 12.5. The molecule has 7 heteroatoms. The molecule has 0 saturated carbocycles. The number of rotatable bonds is 2. The number of alkyl halides is 3. The summed E-state index contributed by atoms with van der Waals surface area (Å²) < 4.78 is 38.1. The summed E-state index contributed by atoms with van der Waals surface area (Å²) in [6.45, 7) is -0.187. The molecule has 0 aliphatic carbocycles. The number of phenolic OH excluding ortho intramolecular Hbond substituents is 1. The number of benzene rings is 1. The van der Waals surface area contributed by atoms with Crippen molar-refractivity contribution >= 4 is 15.9 Å². The summed E-state index contributed by atoms with van der Waals surface area (Å²) in [6, 6.07) is 0.911. The second-order valence-corrected chi connectivity index (χ2v) is 4.05. The van der Waals surface area contributed by atoms with Crippen molar-refractivity contribution in [2.45, 2.75) is 12.2 Å². The molecule has 0 unspecified atom stereocenters. The van der Waals surface area contributed by atoms with Gasteiger partial charge in [0, 0.05) is 18.2 Å². The van der Waals surface area contributed by atoms with Crippen molar-refractivity contribution < 1.29 is 18.3 Å². The van der Waals surface area contributed by atoms with Gasteiger partial charge in [0.15, 0.2) is 0 Å². The van der Waals surface area contributed by atoms with Crippen molar-refractivity contribution in [3.8, 4) is 5.75 Å². The Morgan fingerprint density at radius 2 is 1.94 bits per heavy atom. The summed E-state index contributed by atoms with van der Waals surface area (Å²) in [5.41, 5.74) is 9.32. The molecule has 0 aromatic heterocycles. The lowest BCUT2D eigenvalue weighted by molar-refractivity contribution is -0.138. The monoisotopic (exact) mass is 298 g/mol. The van der Waals surface area contributed by atoms with Crippen LogP contribution < -0.4 is 11.5 Å². The topological polar surface area (TPSA) is 72.3 Å². The molecule has 0 amide bonds. The van der Waals surface area contributed by atoms with E-state index in [1.807, 2.05) is 0 Å². The van der Waals surface area contributed by atoms with Gasteiger partial charge in [0.2, 0.25) is 0 Å². The summed E-state index contributed by atoms with van der Waals surface area (Å²) in [7, 11) is 0. The Kier molecular flexibility index (Phi) is 3.82. The van der Waals surface area contributed by atoms with Crippen LogP contribution in [0, 0.1) is 0 Å². The van der Waals surface area contributed by atoms with Crippen molar-refractivity contribution in [2.75, 3.05) is 6.54 Å². The van der Waals surface area contributed by atoms with Gasteiger partial charge in [-0.3, -0.25) is 0 Å². The number of hydrogen-bond acceptors (Lipinski definition) is 3. The Bertz CT molecular complexity index is 395. The lowest BCUT2D eigenvalue weighted by Crippen LogP contribution is -2.24. The summed E-state index contributed by atoms with van der Waals surface area (Å²) in [4.78, 5) is 0. The molecule has 0 fully saturated rings. The highest BCUT2D eigenvalue weighted by atomic mass is 79.9. The highest BCUT2D eigenvalue weighted by Gasteiger charge is 2.36. The Morgan fingerprint density at radius 3 is 2.38 bits per heavy atom. The lowest BCUT2D eigenvalue weighted by atomic mass is 9.99. The van der Waals surface area contributed by atoms with E-state index >= 15 is 0 Å². The molecule has 90 valence electrons. The predicted molar refractivity (Wildman–Crippen MR) is 56.8 cm³/mol. The fraction of sp³-hybridized carbons (Fsp3) is 0.333. The van der Waals surface area contributed by atoms with Gasteiger partial charge in [-0.15, -0.1) is 0 Å². The predicted octanol–water partition coefficient (Wildman–Crippen LogP) is 2.13. The van der Waals surface area contributed by atoms with Crippen LogP contribution in [0.1, 0.15) is 17.2 Å². The molecule has 0 bridgehead atoms. The van der Waals surface area contributed by atoms with E-state index < -0.39 is 23.5 Å². The molecule has 5 N–H and O–H groups in total. The van der Waals surface area contributed by atoms with Gasteiger partial charge in [-0.05, 0) is 28.1 Å². The van der Waals surface area contributed by atoms with Crippen LogP contribution in [0.15, 0.2) is 16.6 Å². The summed E-state index contributed by atoms with van der Waals surface area (Å²) >= 11 is 2.93. The molecule has 0 saturated heterocycles. The average Bonchev–Trinajstić information content (AvgIpc) is 2.19. The van der Waals surface area contributed by atoms with E-state index in [0.717, 1.165) is 12.1 Å². The van der Waals surface area contributed by atoms with E-state index in [0.29, 0.717) is 0 Å². The van der Waals surface area contributed by atoms with Gasteiger partial charge >= 0.3 is 6.18 Å². The fourth-order valence-corrected chi connectivity index (χ4v) is 1.67. The summed E-state index contributed by atoms with van der Waals surface area (Å²) in [5, 5.41) is 9.56. The molecule has 0 radical (unpaired) electrons. The summed E-state index contributed by atoms with van der Waals surface area (Å²) in [5.74, 6) is -0.521. The van der Waals surface area contributed by atoms with Crippen molar-refractivity contribution in [3.63, 3.8) is 0 Å². The van der Waals surface area contributed by atoms with E-state index in [1.54, 1.807) is 0 Å². The van der Waals surface area contributed by atoms with Crippen LogP contribution in [0.5, 0.6) is 5.75 Å². The van der Waals surface area contributed by atoms with Gasteiger partial charge in [-0.25, -0.2) is 0 Å². The quantitative estimate of drug-likeness (QED) is 0.783. The third-order valence-electron chi connectivity index (χ3n) is 2.10. The number of aromatic hydroxyl groups is 1. The van der Waals surface area contributed by atoms with Crippen LogP contribution >= 0.6 is 15.9 Å². The molecule has 1 aromatic carbocycles. The maximum absolute atomic E-state index is 12.6. The van der Waals surface area contributed by atoms with Crippen LogP contribution in [-0.2, 0) is 6.18 Å². The van der Waals surface area contributed by atoms with E-state index in [-0.39, 0.29) is 16.6 Å². The first-order valence-electron chi connectivity index (χ1n) is 4.33. The van der Waals surface area contributed by atoms with Gasteiger partial charge in [0.05, 0.1) is 10.0 Å². The highest BCUT2D eigenvalue weighted by molar-refractivity contribution is 9.10. The molecule has 16 heavy (non-hydrogen) atoms. The first kappa shape index (κ1) is 13.3. The maximum atomic E-state index is 12.6. The minimum absolute atomic E-state index is 0.152. The summed E-state index contributed by atoms with van der Waals surface area (Å²) in [6.07, 6.45) is -4.57. The standard InChI is InChI=1S/C9H10BrF3N2O/c10-5-2-1-4(9(11,12)13)7(8(5)16)6(15)3-14/h1-2,6,16H,3,14-15H2/t6-/m0/s1. The minimum Gasteiger partial charge on any atom is -0.506 e. The van der Waals surface area contributed by atoms with Crippen LogP contribution in [0.3, 0.4) is 0 Å². The molecule has 1 aromatic rings. The average molecular weight is 299 g/mol. The Labute approximate surface area is 98.4 Å². The van der Waals surface area contributed by atoms with E-state index in [1.165, 1.54) is 0 Å². The normalized spacial score (nSPS) is 13.9. The second kappa shape index (κ2) is 4.60. The molecular formula is C9H10BrF3N2O. The van der Waals surface area contributed by atoms with Crippen LogP contribution in [0.25, 0.3) is 0 Å². The molecule has 0 aliphatic rings. The first-order valence-corrected chi connectivity index (χ1v) is 5.12. The Balaban J connectivity index is 3.45. The number of halogens is 4. The second-order valence-electron chi connectivity index (χ2n) is 3.20. The van der Waals surface area contributed by atoms with Gasteiger partial charge in [0.25, 0.3) is 0 Å². The highest BCUT2D eigenvalue weighted by Crippen LogP contribution is 2.41. The van der Waals surface area contributed by atoms with Crippen molar-refractivity contribution in [2.24, 2.45) is 11.5 Å². The Morgan fingerprint density at radius 1 is 1.38 bits per heavy atom. The molecule has 1 rings (SSSR count). The zero-order valence-corrected chi connectivity index (χ0v) is 9.64. The molecule has 1 atom stereocenters. The zero-order valence-electron chi connectivity index (χ0n) is 8.05. The number of phenols is 1. The minimum atomic E-state index is -4.57. The van der Waals surface area contributed by atoms with Gasteiger partial charge in [-0.2, -0.15) is 13.2 Å². The fourth-order valence-electron chi connectivity index (χ4n) is 1.32. The molecule has 0 aliphatic heterocycles. The van der Waals surface area contributed by atoms with Crippen molar-refractivity contribution in [3.05, 3.63) is 27.7 Å². The number of nitrogens with two attached hydrogens (primary N) is 2.